The molecule has 0 saturated heterocycles. The van der Waals surface area contributed by atoms with Crippen LogP contribution in [0.5, 0.6) is 0 Å². The number of nitro groups is 1. The first-order chi connectivity index (χ1) is 10.1. The maximum Gasteiger partial charge on any atom is 0.287 e. The van der Waals surface area contributed by atoms with Crippen molar-refractivity contribution in [2.45, 2.75) is 31.7 Å². The lowest BCUT2D eigenvalue weighted by Gasteiger charge is -2.24. The highest BCUT2D eigenvalue weighted by molar-refractivity contribution is 5.58. The minimum atomic E-state index is -0.532. The third-order valence-electron chi connectivity index (χ3n) is 4.06. The average molecular weight is 288 g/mol. The topological polar surface area (TPSA) is 82.2 Å². The normalized spacial score (nSPS) is 15.1. The van der Waals surface area contributed by atoms with Crippen molar-refractivity contribution in [2.24, 2.45) is 0 Å². The van der Waals surface area contributed by atoms with Crippen LogP contribution in [0.25, 0.3) is 0 Å². The number of nitriles is 1. The highest BCUT2D eigenvalue weighted by Gasteiger charge is 2.19. The Labute approximate surface area is 124 Å². The molecule has 0 radical (unpaired) electrons. The van der Waals surface area contributed by atoms with Gasteiger partial charge in [0, 0.05) is 30.9 Å². The van der Waals surface area contributed by atoms with E-state index in [9.17, 15) is 10.1 Å². The molecule has 1 fully saturated rings. The predicted octanol–water partition coefficient (Wildman–Crippen LogP) is 2.75. The standard InChI is InChI=1S/C15H20N4O2/c1-18(14-4-2-3-5-14)9-8-17-13-6-7-15(19(20)21)12(10-13)11-16/h6-7,10,14,17H,2-5,8-9H2,1H3. The summed E-state index contributed by atoms with van der Waals surface area (Å²) in [5.41, 5.74) is 0.692. The number of anilines is 1. The summed E-state index contributed by atoms with van der Waals surface area (Å²) in [7, 11) is 2.13. The lowest BCUT2D eigenvalue weighted by Crippen LogP contribution is -2.33. The molecule has 112 valence electrons. The Morgan fingerprint density at radius 3 is 2.81 bits per heavy atom. The van der Waals surface area contributed by atoms with Crippen molar-refractivity contribution in [3.63, 3.8) is 0 Å². The van der Waals surface area contributed by atoms with E-state index in [-0.39, 0.29) is 11.3 Å². The number of nitrogens with one attached hydrogen (secondary N) is 1. The van der Waals surface area contributed by atoms with E-state index in [2.05, 4.69) is 17.3 Å². The summed E-state index contributed by atoms with van der Waals surface area (Å²) in [6.45, 7) is 1.68. The Morgan fingerprint density at radius 2 is 2.19 bits per heavy atom. The van der Waals surface area contributed by atoms with E-state index in [1.807, 2.05) is 6.07 Å². The van der Waals surface area contributed by atoms with Crippen molar-refractivity contribution in [2.75, 3.05) is 25.5 Å². The molecule has 1 aromatic carbocycles. The van der Waals surface area contributed by atoms with Gasteiger partial charge in [-0.25, -0.2) is 0 Å². The summed E-state index contributed by atoms with van der Waals surface area (Å²) in [6.07, 6.45) is 5.17. The number of nitro benzene ring substituents is 1. The average Bonchev–Trinajstić information content (AvgIpc) is 3.01. The van der Waals surface area contributed by atoms with Crippen LogP contribution in [0, 0.1) is 21.4 Å². The molecule has 0 heterocycles. The number of benzene rings is 1. The second-order valence-corrected chi connectivity index (χ2v) is 5.45. The molecule has 0 unspecified atom stereocenters. The Bertz CT molecular complexity index is 547. The van der Waals surface area contributed by atoms with Gasteiger partial charge in [-0.1, -0.05) is 12.8 Å². The van der Waals surface area contributed by atoms with Crippen molar-refractivity contribution < 1.29 is 4.92 Å². The molecule has 0 bridgehead atoms. The van der Waals surface area contributed by atoms with Crippen LogP contribution in [-0.4, -0.2) is 36.0 Å². The molecule has 2 rings (SSSR count). The summed E-state index contributed by atoms with van der Waals surface area (Å²) in [5, 5.41) is 23.0. The zero-order valence-corrected chi connectivity index (χ0v) is 12.2. The summed E-state index contributed by atoms with van der Waals surface area (Å²) in [6, 6.07) is 7.11. The van der Waals surface area contributed by atoms with Crippen LogP contribution < -0.4 is 5.32 Å². The van der Waals surface area contributed by atoms with Crippen LogP contribution >= 0.6 is 0 Å². The highest BCUT2D eigenvalue weighted by Crippen LogP contribution is 2.23. The summed E-state index contributed by atoms with van der Waals surface area (Å²) in [4.78, 5) is 12.6. The Morgan fingerprint density at radius 1 is 1.48 bits per heavy atom. The molecular weight excluding hydrogens is 268 g/mol. The number of hydrogen-bond donors (Lipinski definition) is 1. The van der Waals surface area contributed by atoms with Gasteiger partial charge >= 0.3 is 0 Å². The SMILES string of the molecule is CN(CCNc1ccc([N+](=O)[O-])c(C#N)c1)C1CCCC1. The van der Waals surface area contributed by atoms with E-state index < -0.39 is 4.92 Å². The Balaban J connectivity index is 1.88. The van der Waals surface area contributed by atoms with Crippen molar-refractivity contribution >= 4 is 11.4 Å². The third kappa shape index (κ3) is 3.92. The molecule has 1 aliphatic rings. The van der Waals surface area contributed by atoms with Crippen LogP contribution in [-0.2, 0) is 0 Å². The largest absolute Gasteiger partial charge is 0.384 e. The molecule has 6 nitrogen and oxygen atoms in total. The molecule has 1 aliphatic carbocycles. The van der Waals surface area contributed by atoms with Gasteiger partial charge in [0.1, 0.15) is 11.6 Å². The van der Waals surface area contributed by atoms with E-state index in [1.165, 1.54) is 37.8 Å². The van der Waals surface area contributed by atoms with Gasteiger partial charge in [0.2, 0.25) is 0 Å². The van der Waals surface area contributed by atoms with Crippen molar-refractivity contribution in [3.05, 3.63) is 33.9 Å². The number of nitrogens with zero attached hydrogens (tertiary/aromatic N) is 3. The first kappa shape index (κ1) is 15.3. The van der Waals surface area contributed by atoms with Gasteiger partial charge in [-0.2, -0.15) is 5.26 Å². The number of rotatable bonds is 6. The quantitative estimate of drug-likeness (QED) is 0.643. The monoisotopic (exact) mass is 288 g/mol. The summed E-state index contributed by atoms with van der Waals surface area (Å²) in [5.74, 6) is 0. The lowest BCUT2D eigenvalue weighted by molar-refractivity contribution is -0.385. The first-order valence-electron chi connectivity index (χ1n) is 7.24. The molecule has 0 aromatic heterocycles. The smallest absolute Gasteiger partial charge is 0.287 e. The van der Waals surface area contributed by atoms with Crippen molar-refractivity contribution in [3.8, 4) is 6.07 Å². The minimum absolute atomic E-state index is 0.0918. The Hall–Kier alpha value is -2.13. The fourth-order valence-electron chi connectivity index (χ4n) is 2.80. The van der Waals surface area contributed by atoms with E-state index in [0.29, 0.717) is 6.04 Å². The van der Waals surface area contributed by atoms with Gasteiger partial charge in [0.05, 0.1) is 4.92 Å². The van der Waals surface area contributed by atoms with E-state index in [1.54, 1.807) is 6.07 Å². The number of hydrogen-bond acceptors (Lipinski definition) is 5. The zero-order chi connectivity index (χ0) is 15.2. The Kier molecular flexibility index (Phi) is 5.12. The van der Waals surface area contributed by atoms with E-state index >= 15 is 0 Å². The van der Waals surface area contributed by atoms with Crippen molar-refractivity contribution in [1.29, 1.82) is 5.26 Å². The van der Waals surface area contributed by atoms with E-state index in [0.717, 1.165) is 18.8 Å². The zero-order valence-electron chi connectivity index (χ0n) is 12.2. The predicted molar refractivity (Wildman–Crippen MR) is 81.2 cm³/mol. The maximum absolute atomic E-state index is 10.8. The molecule has 0 atom stereocenters. The minimum Gasteiger partial charge on any atom is -0.384 e. The van der Waals surface area contributed by atoms with Crippen LogP contribution in [0.3, 0.4) is 0 Å². The van der Waals surface area contributed by atoms with Crippen LogP contribution in [0.4, 0.5) is 11.4 Å². The van der Waals surface area contributed by atoms with Crippen molar-refractivity contribution in [1.82, 2.24) is 4.90 Å². The second kappa shape index (κ2) is 7.04. The van der Waals surface area contributed by atoms with Crippen LogP contribution in [0.15, 0.2) is 18.2 Å². The van der Waals surface area contributed by atoms with Gasteiger partial charge in [-0.05, 0) is 32.0 Å². The molecule has 1 aromatic rings. The third-order valence-corrected chi connectivity index (χ3v) is 4.06. The fourth-order valence-corrected chi connectivity index (χ4v) is 2.80. The van der Waals surface area contributed by atoms with Gasteiger partial charge in [-0.15, -0.1) is 0 Å². The molecule has 0 spiro atoms. The summed E-state index contributed by atoms with van der Waals surface area (Å²) >= 11 is 0. The molecule has 0 amide bonds. The molecule has 0 aliphatic heterocycles. The second-order valence-electron chi connectivity index (χ2n) is 5.45. The lowest BCUT2D eigenvalue weighted by atomic mass is 10.1. The maximum atomic E-state index is 10.8. The molecule has 21 heavy (non-hydrogen) atoms. The van der Waals surface area contributed by atoms with E-state index in [4.69, 9.17) is 5.26 Å². The molecule has 1 N–H and O–H groups in total. The molecule has 6 heteroatoms. The fraction of sp³-hybridized carbons (Fsp3) is 0.533. The number of likely N-dealkylation sites (N-methyl/N-ethyl adjacent to an activating group) is 1. The van der Waals surface area contributed by atoms with Gasteiger partial charge in [0.15, 0.2) is 0 Å². The highest BCUT2D eigenvalue weighted by atomic mass is 16.6. The van der Waals surface area contributed by atoms with Crippen LogP contribution in [0.1, 0.15) is 31.2 Å². The molecular formula is C15H20N4O2. The van der Waals surface area contributed by atoms with Gasteiger partial charge in [-0.3, -0.25) is 10.1 Å². The summed E-state index contributed by atoms with van der Waals surface area (Å²) < 4.78 is 0. The van der Waals surface area contributed by atoms with Gasteiger partial charge < -0.3 is 10.2 Å². The van der Waals surface area contributed by atoms with Gasteiger partial charge in [0.25, 0.3) is 5.69 Å². The molecule has 1 saturated carbocycles. The first-order valence-corrected chi connectivity index (χ1v) is 7.24. The van der Waals surface area contributed by atoms with Crippen LogP contribution in [0.2, 0.25) is 0 Å².